The highest BCUT2D eigenvalue weighted by atomic mass is 31.2. The van der Waals surface area contributed by atoms with Crippen molar-refractivity contribution < 1.29 is 32.5 Å². The first-order valence-electron chi connectivity index (χ1n) is 5.39. The Morgan fingerprint density at radius 3 is 2.32 bits per heavy atom. The Bertz CT molecular complexity index is 385. The highest BCUT2D eigenvalue weighted by Crippen LogP contribution is 2.49. The van der Waals surface area contributed by atoms with Crippen molar-refractivity contribution in [3.05, 3.63) is 11.8 Å². The molecule has 0 aromatic rings. The number of hydrogen-bond acceptors (Lipinski definition) is 7. The molecule has 0 aromatic heterocycles. The number of ether oxygens (including phenoxy) is 1. The highest BCUT2D eigenvalue weighted by molar-refractivity contribution is 7.48. The van der Waals surface area contributed by atoms with E-state index in [9.17, 15) is 14.2 Å². The van der Waals surface area contributed by atoms with Crippen LogP contribution >= 0.6 is 7.82 Å². The summed E-state index contributed by atoms with van der Waals surface area (Å²) >= 11 is 0. The molecule has 1 N–H and O–H groups in total. The second kappa shape index (κ2) is 8.68. The second-order valence-electron chi connectivity index (χ2n) is 3.18. The molecule has 1 amide bonds. The SMILES string of the molecule is CCOC(=O)CNC(=O)/C=C(\C)OP(=O)(OC)OC. The normalized spacial score (nSPS) is 11.9. The standard InChI is InChI=1S/C10H18NO7P/c1-5-17-10(13)7-11-9(12)6-8(2)18-19(14,15-3)16-4/h6H,5,7H2,1-4H3,(H,11,12)/b8-6+. The third-order valence-corrected chi connectivity index (χ3v) is 3.16. The molecule has 0 aliphatic rings. The predicted molar refractivity (Wildman–Crippen MR) is 66.1 cm³/mol. The molecule has 0 saturated heterocycles. The second-order valence-corrected chi connectivity index (χ2v) is 4.99. The molecule has 0 fully saturated rings. The van der Waals surface area contributed by atoms with Crippen LogP contribution < -0.4 is 5.32 Å². The number of rotatable bonds is 8. The molecule has 110 valence electrons. The van der Waals surface area contributed by atoms with Crippen LogP contribution in [0.4, 0.5) is 0 Å². The molecule has 0 aliphatic heterocycles. The molecule has 0 aromatic carbocycles. The molecule has 0 spiro atoms. The van der Waals surface area contributed by atoms with Gasteiger partial charge in [0.05, 0.1) is 6.61 Å². The Hall–Kier alpha value is -1.37. The number of carbonyl (C=O) groups is 2. The van der Waals surface area contributed by atoms with E-state index in [1.807, 2.05) is 0 Å². The molecular formula is C10H18NO7P. The molecule has 19 heavy (non-hydrogen) atoms. The topological polar surface area (TPSA) is 100 Å². The van der Waals surface area contributed by atoms with Gasteiger partial charge in [0.15, 0.2) is 0 Å². The Balaban J connectivity index is 4.32. The summed E-state index contributed by atoms with van der Waals surface area (Å²) in [7, 11) is -1.38. The Morgan fingerprint density at radius 2 is 1.84 bits per heavy atom. The van der Waals surface area contributed by atoms with Crippen molar-refractivity contribution in [2.24, 2.45) is 0 Å². The third-order valence-electron chi connectivity index (χ3n) is 1.75. The van der Waals surface area contributed by atoms with Gasteiger partial charge in [-0.1, -0.05) is 0 Å². The zero-order valence-corrected chi connectivity index (χ0v) is 12.2. The molecule has 8 nitrogen and oxygen atoms in total. The number of carbonyl (C=O) groups excluding carboxylic acids is 2. The van der Waals surface area contributed by atoms with Gasteiger partial charge >= 0.3 is 13.8 Å². The lowest BCUT2D eigenvalue weighted by Crippen LogP contribution is -2.29. The van der Waals surface area contributed by atoms with E-state index in [2.05, 4.69) is 19.1 Å². The molecule has 9 heteroatoms. The van der Waals surface area contributed by atoms with E-state index in [1.165, 1.54) is 6.92 Å². The number of nitrogens with one attached hydrogen (secondary N) is 1. The lowest BCUT2D eigenvalue weighted by molar-refractivity contribution is -0.143. The lowest BCUT2D eigenvalue weighted by atomic mass is 10.4. The number of hydrogen-bond donors (Lipinski definition) is 1. The monoisotopic (exact) mass is 295 g/mol. The fourth-order valence-electron chi connectivity index (χ4n) is 0.959. The minimum atomic E-state index is -3.68. The summed E-state index contributed by atoms with van der Waals surface area (Å²) in [5, 5.41) is 2.28. The van der Waals surface area contributed by atoms with Gasteiger partial charge in [-0.05, 0) is 13.8 Å². The van der Waals surface area contributed by atoms with Crippen molar-refractivity contribution in [3.63, 3.8) is 0 Å². The maximum atomic E-state index is 11.6. The molecule has 0 unspecified atom stereocenters. The molecule has 0 saturated carbocycles. The number of esters is 1. The maximum absolute atomic E-state index is 11.6. The quantitative estimate of drug-likeness (QED) is 0.308. The largest absolute Gasteiger partial charge is 0.529 e. The van der Waals surface area contributed by atoms with E-state index in [0.717, 1.165) is 20.3 Å². The van der Waals surface area contributed by atoms with Gasteiger partial charge in [-0.3, -0.25) is 18.6 Å². The first-order valence-corrected chi connectivity index (χ1v) is 6.85. The number of allylic oxidation sites excluding steroid dienone is 1. The maximum Gasteiger partial charge on any atom is 0.529 e. The molecule has 0 radical (unpaired) electrons. The van der Waals surface area contributed by atoms with Crippen LogP contribution in [0.2, 0.25) is 0 Å². The van der Waals surface area contributed by atoms with E-state index < -0.39 is 19.7 Å². The van der Waals surface area contributed by atoms with Crippen LogP contribution in [0.25, 0.3) is 0 Å². The van der Waals surface area contributed by atoms with Gasteiger partial charge in [0.2, 0.25) is 5.91 Å². The van der Waals surface area contributed by atoms with Crippen molar-refractivity contribution in [2.75, 3.05) is 27.4 Å². The van der Waals surface area contributed by atoms with Crippen molar-refractivity contribution in [1.82, 2.24) is 5.32 Å². The first-order chi connectivity index (χ1) is 8.86. The van der Waals surface area contributed by atoms with Crippen LogP contribution in [0.1, 0.15) is 13.8 Å². The summed E-state index contributed by atoms with van der Waals surface area (Å²) in [6.45, 7) is 3.03. The van der Waals surface area contributed by atoms with E-state index in [-0.39, 0.29) is 18.9 Å². The first kappa shape index (κ1) is 17.6. The molecule has 0 bridgehead atoms. The summed E-state index contributed by atoms with van der Waals surface area (Å²) in [6.07, 6.45) is 1.02. The van der Waals surface area contributed by atoms with Gasteiger partial charge in [0.25, 0.3) is 0 Å². The molecular weight excluding hydrogens is 277 g/mol. The Morgan fingerprint density at radius 1 is 1.26 bits per heavy atom. The zero-order chi connectivity index (χ0) is 14.9. The third kappa shape index (κ3) is 7.61. The van der Waals surface area contributed by atoms with E-state index in [0.29, 0.717) is 0 Å². The van der Waals surface area contributed by atoms with E-state index >= 15 is 0 Å². The smallest absolute Gasteiger partial charge is 0.465 e. The summed E-state index contributed by atoms with van der Waals surface area (Å²) < 4.78 is 30.1. The van der Waals surface area contributed by atoms with Crippen molar-refractivity contribution in [1.29, 1.82) is 0 Å². The minimum Gasteiger partial charge on any atom is -0.465 e. The summed E-state index contributed by atoms with van der Waals surface area (Å²) in [5.74, 6) is -1.13. The Labute approximate surface area is 111 Å². The van der Waals surface area contributed by atoms with Crippen molar-refractivity contribution >= 4 is 19.7 Å². The number of phosphoric acid groups is 1. The van der Waals surface area contributed by atoms with Gasteiger partial charge < -0.3 is 14.6 Å². The fourth-order valence-corrected chi connectivity index (χ4v) is 1.66. The Kier molecular flexibility index (Phi) is 8.06. The van der Waals surface area contributed by atoms with Crippen LogP contribution in [-0.4, -0.2) is 39.2 Å². The molecule has 0 rings (SSSR count). The average Bonchev–Trinajstić information content (AvgIpc) is 2.36. The predicted octanol–water partition coefficient (Wildman–Crippen LogP) is 0.987. The molecule has 0 heterocycles. The lowest BCUT2D eigenvalue weighted by Gasteiger charge is -2.14. The van der Waals surface area contributed by atoms with E-state index in [4.69, 9.17) is 4.52 Å². The van der Waals surface area contributed by atoms with Gasteiger partial charge in [0.1, 0.15) is 12.3 Å². The van der Waals surface area contributed by atoms with Crippen LogP contribution in [0, 0.1) is 0 Å². The van der Waals surface area contributed by atoms with E-state index in [1.54, 1.807) is 6.92 Å². The van der Waals surface area contributed by atoms with Crippen molar-refractivity contribution in [2.45, 2.75) is 13.8 Å². The summed E-state index contributed by atoms with van der Waals surface area (Å²) in [4.78, 5) is 22.4. The van der Waals surface area contributed by atoms with Gasteiger partial charge in [0, 0.05) is 20.3 Å². The minimum absolute atomic E-state index is 0.0217. The van der Waals surface area contributed by atoms with Crippen molar-refractivity contribution in [3.8, 4) is 0 Å². The van der Waals surface area contributed by atoms with Crippen LogP contribution in [0.3, 0.4) is 0 Å². The number of phosphoric ester groups is 1. The van der Waals surface area contributed by atoms with Crippen LogP contribution in [0.15, 0.2) is 11.8 Å². The van der Waals surface area contributed by atoms with Crippen LogP contribution in [0.5, 0.6) is 0 Å². The van der Waals surface area contributed by atoms with Gasteiger partial charge in [-0.25, -0.2) is 4.57 Å². The summed E-state index contributed by atoms with van der Waals surface area (Å²) in [6, 6.07) is 0. The molecule has 0 aliphatic carbocycles. The molecule has 0 atom stereocenters. The number of amides is 1. The van der Waals surface area contributed by atoms with Gasteiger partial charge in [-0.15, -0.1) is 0 Å². The fraction of sp³-hybridized carbons (Fsp3) is 0.600. The van der Waals surface area contributed by atoms with Crippen LogP contribution in [-0.2, 0) is 32.5 Å². The van der Waals surface area contributed by atoms with Gasteiger partial charge in [-0.2, -0.15) is 0 Å². The average molecular weight is 295 g/mol. The summed E-state index contributed by atoms with van der Waals surface area (Å²) in [5.41, 5.74) is 0. The highest BCUT2D eigenvalue weighted by Gasteiger charge is 2.24. The zero-order valence-electron chi connectivity index (χ0n) is 11.3.